The van der Waals surface area contributed by atoms with E-state index in [0.29, 0.717) is 17.6 Å². The number of aromatic nitrogens is 4. The smallest absolute Gasteiger partial charge is 0.277 e. The van der Waals surface area contributed by atoms with E-state index in [1.54, 1.807) is 17.1 Å². The summed E-state index contributed by atoms with van der Waals surface area (Å²) in [5.41, 5.74) is 2.58. The van der Waals surface area contributed by atoms with Gasteiger partial charge in [-0.15, -0.1) is 11.3 Å². The first-order valence-corrected chi connectivity index (χ1v) is 9.94. The van der Waals surface area contributed by atoms with Crippen LogP contribution < -0.4 is 10.6 Å². The minimum atomic E-state index is -0.265. The molecule has 0 radical (unpaired) electrons. The van der Waals surface area contributed by atoms with E-state index in [-0.39, 0.29) is 5.91 Å². The zero-order valence-corrected chi connectivity index (χ0v) is 16.2. The van der Waals surface area contributed by atoms with Gasteiger partial charge in [0.1, 0.15) is 10.7 Å². The molecule has 1 amide bonds. The third-order valence-corrected chi connectivity index (χ3v) is 5.70. The third-order valence-electron chi connectivity index (χ3n) is 4.82. The van der Waals surface area contributed by atoms with Crippen molar-refractivity contribution in [3.8, 4) is 10.6 Å². The van der Waals surface area contributed by atoms with Gasteiger partial charge in [-0.2, -0.15) is 10.1 Å². The summed E-state index contributed by atoms with van der Waals surface area (Å²) in [6.45, 7) is 3.99. The van der Waals surface area contributed by atoms with Gasteiger partial charge in [-0.3, -0.25) is 10.1 Å². The van der Waals surface area contributed by atoms with Crippen molar-refractivity contribution >= 4 is 23.2 Å². The summed E-state index contributed by atoms with van der Waals surface area (Å²) in [5.74, 6) is 1.33. The molecule has 0 aliphatic carbocycles. The Balaban J connectivity index is 1.50. The van der Waals surface area contributed by atoms with Crippen LogP contribution in [0.2, 0.25) is 0 Å². The molecule has 3 heterocycles. The first-order chi connectivity index (χ1) is 13.1. The molecule has 1 fully saturated rings. The number of anilines is 1. The maximum Gasteiger partial charge on any atom is 0.277 e. The summed E-state index contributed by atoms with van der Waals surface area (Å²) >= 11 is 1.47. The Morgan fingerprint density at radius 1 is 1.26 bits per heavy atom. The normalized spacial score (nSPS) is 15.0. The van der Waals surface area contributed by atoms with Crippen LogP contribution in [0.3, 0.4) is 0 Å². The molecule has 0 spiro atoms. The molecule has 27 heavy (non-hydrogen) atoms. The van der Waals surface area contributed by atoms with Crippen LogP contribution in [0, 0.1) is 6.92 Å². The van der Waals surface area contributed by atoms with Gasteiger partial charge < -0.3 is 5.32 Å². The Labute approximate surface area is 161 Å². The molecular weight excluding hydrogens is 360 g/mol. The monoisotopic (exact) mass is 382 g/mol. The molecule has 8 heteroatoms. The van der Waals surface area contributed by atoms with Crippen molar-refractivity contribution in [3.63, 3.8) is 0 Å². The molecule has 7 nitrogen and oxygen atoms in total. The molecule has 1 aliphatic heterocycles. The van der Waals surface area contributed by atoms with E-state index in [1.165, 1.54) is 11.3 Å². The van der Waals surface area contributed by atoms with Gasteiger partial charge in [0.05, 0.1) is 0 Å². The van der Waals surface area contributed by atoms with E-state index < -0.39 is 0 Å². The molecular formula is C19H22N6OS. The number of carbonyl (C=O) groups is 1. The molecule has 140 valence electrons. The standard InChI is InChI=1S/C19H22N6OS/c1-12-5-3-4-6-14(12)18-21-15(11-27-18)17(26)23-19-22-16(24-25(19)2)13-7-9-20-10-8-13/h3-6,11,13,20H,7-10H2,1-2H3,(H,22,23,24,26). The Kier molecular flexibility index (Phi) is 5.00. The van der Waals surface area contributed by atoms with Gasteiger partial charge >= 0.3 is 0 Å². The quantitative estimate of drug-likeness (QED) is 0.725. The second kappa shape index (κ2) is 7.58. The lowest BCUT2D eigenvalue weighted by molar-refractivity contribution is 0.102. The van der Waals surface area contributed by atoms with Crippen molar-refractivity contribution in [2.45, 2.75) is 25.7 Å². The van der Waals surface area contributed by atoms with E-state index >= 15 is 0 Å². The molecule has 1 aromatic carbocycles. The Bertz CT molecular complexity index is 957. The van der Waals surface area contributed by atoms with Crippen LogP contribution in [0.15, 0.2) is 29.6 Å². The fourth-order valence-electron chi connectivity index (χ4n) is 3.25. The van der Waals surface area contributed by atoms with Crippen molar-refractivity contribution in [3.05, 3.63) is 46.7 Å². The van der Waals surface area contributed by atoms with Gasteiger partial charge in [0.15, 0.2) is 5.82 Å². The van der Waals surface area contributed by atoms with E-state index in [4.69, 9.17) is 0 Å². The maximum absolute atomic E-state index is 12.6. The van der Waals surface area contributed by atoms with E-state index in [0.717, 1.165) is 47.9 Å². The number of nitrogens with one attached hydrogen (secondary N) is 2. The number of hydrogen-bond acceptors (Lipinski definition) is 6. The molecule has 0 saturated carbocycles. The lowest BCUT2D eigenvalue weighted by atomic mass is 9.98. The SMILES string of the molecule is Cc1ccccc1-c1nc(C(=O)Nc2nc(C3CCNCC3)nn2C)cs1. The van der Waals surface area contributed by atoms with E-state index in [9.17, 15) is 4.79 Å². The fourth-order valence-corrected chi connectivity index (χ4v) is 4.14. The lowest BCUT2D eigenvalue weighted by Crippen LogP contribution is -2.27. The van der Waals surface area contributed by atoms with Crippen LogP contribution in [-0.2, 0) is 7.05 Å². The number of nitrogens with zero attached hydrogens (tertiary/aromatic N) is 4. The average Bonchev–Trinajstić information content (AvgIpc) is 3.30. The highest BCUT2D eigenvalue weighted by Crippen LogP contribution is 2.27. The largest absolute Gasteiger partial charge is 0.317 e. The molecule has 2 N–H and O–H groups in total. The summed E-state index contributed by atoms with van der Waals surface area (Å²) in [6, 6.07) is 8.03. The van der Waals surface area contributed by atoms with Crippen molar-refractivity contribution in [2.75, 3.05) is 18.4 Å². The first kappa shape index (κ1) is 17.8. The number of thiazole rings is 1. The zero-order chi connectivity index (χ0) is 18.8. The second-order valence-corrected chi connectivity index (χ2v) is 7.61. The highest BCUT2D eigenvalue weighted by molar-refractivity contribution is 7.13. The highest BCUT2D eigenvalue weighted by Gasteiger charge is 2.22. The van der Waals surface area contributed by atoms with Gasteiger partial charge in [-0.05, 0) is 38.4 Å². The summed E-state index contributed by atoms with van der Waals surface area (Å²) in [7, 11) is 1.80. The number of benzene rings is 1. The molecule has 1 saturated heterocycles. The predicted octanol–water partition coefficient (Wildman–Crippen LogP) is 2.97. The molecule has 0 unspecified atom stereocenters. The lowest BCUT2D eigenvalue weighted by Gasteiger charge is -2.19. The number of rotatable bonds is 4. The fraction of sp³-hybridized carbons (Fsp3) is 0.368. The Morgan fingerprint density at radius 2 is 2.04 bits per heavy atom. The van der Waals surface area contributed by atoms with Gasteiger partial charge in [0, 0.05) is 23.9 Å². The van der Waals surface area contributed by atoms with Crippen molar-refractivity contribution in [1.29, 1.82) is 0 Å². The molecule has 2 aromatic heterocycles. The van der Waals surface area contributed by atoms with Crippen molar-refractivity contribution in [2.24, 2.45) is 7.05 Å². The summed E-state index contributed by atoms with van der Waals surface area (Å²) in [4.78, 5) is 21.7. The Hall–Kier alpha value is -2.58. The van der Waals surface area contributed by atoms with Crippen molar-refractivity contribution in [1.82, 2.24) is 25.1 Å². The third kappa shape index (κ3) is 3.77. The van der Waals surface area contributed by atoms with Gasteiger partial charge in [0.2, 0.25) is 5.95 Å². The topological polar surface area (TPSA) is 84.7 Å². The number of hydrogen-bond donors (Lipinski definition) is 2. The maximum atomic E-state index is 12.6. The summed E-state index contributed by atoms with van der Waals surface area (Å²) in [5, 5.41) is 13.3. The second-order valence-electron chi connectivity index (χ2n) is 6.75. The molecule has 1 aliphatic rings. The highest BCUT2D eigenvalue weighted by atomic mass is 32.1. The first-order valence-electron chi connectivity index (χ1n) is 9.06. The van der Waals surface area contributed by atoms with Crippen LogP contribution >= 0.6 is 11.3 Å². The van der Waals surface area contributed by atoms with Gasteiger partial charge in [-0.1, -0.05) is 24.3 Å². The predicted molar refractivity (Wildman–Crippen MR) is 106 cm³/mol. The van der Waals surface area contributed by atoms with Gasteiger partial charge in [0.25, 0.3) is 5.91 Å². The van der Waals surface area contributed by atoms with Crippen LogP contribution in [0.25, 0.3) is 10.6 Å². The molecule has 0 bridgehead atoms. The van der Waals surface area contributed by atoms with E-state index in [2.05, 4.69) is 25.7 Å². The number of piperidine rings is 1. The average molecular weight is 382 g/mol. The number of carbonyl (C=O) groups excluding carboxylic acids is 1. The minimum absolute atomic E-state index is 0.265. The van der Waals surface area contributed by atoms with Crippen LogP contribution in [-0.4, -0.2) is 38.7 Å². The molecule has 4 rings (SSSR count). The number of aryl methyl sites for hydroxylation is 2. The van der Waals surface area contributed by atoms with Crippen LogP contribution in [0.4, 0.5) is 5.95 Å². The van der Waals surface area contributed by atoms with Crippen molar-refractivity contribution < 1.29 is 4.79 Å². The number of amides is 1. The van der Waals surface area contributed by atoms with Crippen LogP contribution in [0.1, 0.15) is 40.6 Å². The zero-order valence-electron chi connectivity index (χ0n) is 15.4. The van der Waals surface area contributed by atoms with Gasteiger partial charge in [-0.25, -0.2) is 9.67 Å². The summed E-state index contributed by atoms with van der Waals surface area (Å²) < 4.78 is 1.63. The van der Waals surface area contributed by atoms with E-state index in [1.807, 2.05) is 31.2 Å². The summed E-state index contributed by atoms with van der Waals surface area (Å²) in [6.07, 6.45) is 2.03. The molecule has 0 atom stereocenters. The van der Waals surface area contributed by atoms with Crippen LogP contribution in [0.5, 0.6) is 0 Å². The molecule has 3 aromatic rings. The minimum Gasteiger partial charge on any atom is -0.317 e. The Morgan fingerprint density at radius 3 is 2.81 bits per heavy atom.